The highest BCUT2D eigenvalue weighted by atomic mass is 16.5. The van der Waals surface area contributed by atoms with Crippen LogP contribution in [-0.4, -0.2) is 23.8 Å². The van der Waals surface area contributed by atoms with E-state index in [-0.39, 0.29) is 11.5 Å². The molecule has 2 aromatic carbocycles. The molecule has 0 saturated heterocycles. The molecule has 0 aromatic heterocycles. The number of carbonyl (C=O) groups is 1. The number of carbonyl (C=O) groups excluding carboxylic acids is 1. The monoisotopic (exact) mass is 269 g/mol. The van der Waals surface area contributed by atoms with Gasteiger partial charge in [0.05, 0.1) is 7.11 Å². The van der Waals surface area contributed by atoms with E-state index in [4.69, 9.17) is 9.94 Å². The molecule has 102 valence electrons. The van der Waals surface area contributed by atoms with Gasteiger partial charge in [-0.25, -0.2) is 0 Å². The maximum Gasteiger partial charge on any atom is 0.215 e. The molecule has 4 nitrogen and oxygen atoms in total. The minimum Gasteiger partial charge on any atom is -0.497 e. The van der Waals surface area contributed by atoms with Gasteiger partial charge in [0.2, 0.25) is 5.78 Å². The summed E-state index contributed by atoms with van der Waals surface area (Å²) in [6.07, 6.45) is 0. The quantitative estimate of drug-likeness (QED) is 0.401. The Kier molecular flexibility index (Phi) is 4.15. The number of benzene rings is 2. The van der Waals surface area contributed by atoms with Crippen LogP contribution in [0.3, 0.4) is 0 Å². The van der Waals surface area contributed by atoms with E-state index in [1.165, 1.54) is 0 Å². The molecular weight excluding hydrogens is 254 g/mol. The highest BCUT2D eigenvalue weighted by Crippen LogP contribution is 2.14. The van der Waals surface area contributed by atoms with Crippen molar-refractivity contribution in [2.45, 2.75) is 6.92 Å². The second kappa shape index (κ2) is 6.02. The molecule has 1 N–H and O–H groups in total. The van der Waals surface area contributed by atoms with E-state index in [0.29, 0.717) is 16.9 Å². The van der Waals surface area contributed by atoms with E-state index in [1.54, 1.807) is 43.5 Å². The maximum atomic E-state index is 12.3. The summed E-state index contributed by atoms with van der Waals surface area (Å²) in [4.78, 5) is 12.3. The normalized spacial score (nSPS) is 11.2. The predicted molar refractivity (Wildman–Crippen MR) is 76.8 cm³/mol. The van der Waals surface area contributed by atoms with Gasteiger partial charge in [0, 0.05) is 11.1 Å². The van der Waals surface area contributed by atoms with Crippen molar-refractivity contribution in [2.75, 3.05) is 7.11 Å². The lowest BCUT2D eigenvalue weighted by molar-refractivity contribution is 0.106. The zero-order chi connectivity index (χ0) is 14.5. The van der Waals surface area contributed by atoms with Gasteiger partial charge in [0.1, 0.15) is 5.75 Å². The smallest absolute Gasteiger partial charge is 0.215 e. The van der Waals surface area contributed by atoms with Gasteiger partial charge >= 0.3 is 0 Å². The van der Waals surface area contributed by atoms with Gasteiger partial charge in [-0.3, -0.25) is 4.79 Å². The van der Waals surface area contributed by atoms with E-state index in [9.17, 15) is 4.79 Å². The lowest BCUT2D eigenvalue weighted by atomic mass is 10.00. The Bertz CT molecular complexity index is 628. The molecule has 0 fully saturated rings. The first kappa shape index (κ1) is 13.8. The number of ketones is 1. The lowest BCUT2D eigenvalue weighted by Crippen LogP contribution is -2.16. The molecule has 0 radical (unpaired) electrons. The Balaban J connectivity index is 2.31. The van der Waals surface area contributed by atoms with Crippen molar-refractivity contribution in [1.29, 1.82) is 0 Å². The van der Waals surface area contributed by atoms with Crippen molar-refractivity contribution in [1.82, 2.24) is 0 Å². The van der Waals surface area contributed by atoms with Crippen LogP contribution in [0.25, 0.3) is 0 Å². The number of hydrogen-bond donors (Lipinski definition) is 1. The third-order valence-corrected chi connectivity index (χ3v) is 2.99. The fraction of sp³-hybridized carbons (Fsp3) is 0.125. The molecule has 0 aliphatic carbocycles. The average molecular weight is 269 g/mol. The molecule has 2 aromatic rings. The van der Waals surface area contributed by atoms with Crippen molar-refractivity contribution in [3.8, 4) is 5.75 Å². The van der Waals surface area contributed by atoms with Crippen LogP contribution in [0.4, 0.5) is 0 Å². The van der Waals surface area contributed by atoms with Crippen LogP contribution in [0.5, 0.6) is 5.75 Å². The van der Waals surface area contributed by atoms with Crippen LogP contribution in [0.1, 0.15) is 21.5 Å². The molecule has 4 heteroatoms. The molecule has 0 saturated carbocycles. The zero-order valence-corrected chi connectivity index (χ0v) is 11.3. The van der Waals surface area contributed by atoms with E-state index in [1.807, 2.05) is 19.1 Å². The molecule has 0 heterocycles. The minimum atomic E-state index is -0.334. The third-order valence-electron chi connectivity index (χ3n) is 2.99. The summed E-state index contributed by atoms with van der Waals surface area (Å²) in [5.41, 5.74) is 2.12. The lowest BCUT2D eigenvalue weighted by Gasteiger charge is -2.05. The molecule has 0 amide bonds. The molecular formula is C16H15NO3. The summed E-state index contributed by atoms with van der Waals surface area (Å²) < 4.78 is 5.04. The number of ether oxygens (including phenoxy) is 1. The first-order chi connectivity index (χ1) is 9.65. The first-order valence-corrected chi connectivity index (χ1v) is 6.13. The van der Waals surface area contributed by atoms with Crippen molar-refractivity contribution in [3.05, 3.63) is 65.2 Å². The molecule has 0 unspecified atom stereocenters. The van der Waals surface area contributed by atoms with Crippen molar-refractivity contribution in [3.63, 3.8) is 0 Å². The van der Waals surface area contributed by atoms with Crippen LogP contribution in [0.2, 0.25) is 0 Å². The topological polar surface area (TPSA) is 58.9 Å². The summed E-state index contributed by atoms with van der Waals surface area (Å²) >= 11 is 0. The van der Waals surface area contributed by atoms with Crippen molar-refractivity contribution >= 4 is 11.5 Å². The number of aryl methyl sites for hydroxylation is 1. The zero-order valence-electron chi connectivity index (χ0n) is 11.3. The van der Waals surface area contributed by atoms with Gasteiger partial charge in [-0.05, 0) is 31.2 Å². The average Bonchev–Trinajstić information content (AvgIpc) is 2.50. The van der Waals surface area contributed by atoms with Crippen LogP contribution in [0.15, 0.2) is 53.7 Å². The Morgan fingerprint density at radius 2 is 1.55 bits per heavy atom. The molecule has 0 atom stereocenters. The summed E-state index contributed by atoms with van der Waals surface area (Å²) in [6.45, 7) is 1.95. The highest BCUT2D eigenvalue weighted by molar-refractivity contribution is 6.51. The molecule has 20 heavy (non-hydrogen) atoms. The van der Waals surface area contributed by atoms with Crippen LogP contribution in [-0.2, 0) is 0 Å². The van der Waals surface area contributed by atoms with Crippen LogP contribution >= 0.6 is 0 Å². The van der Waals surface area contributed by atoms with Gasteiger partial charge < -0.3 is 9.94 Å². The molecule has 0 aliphatic rings. The van der Waals surface area contributed by atoms with Gasteiger partial charge in [-0.15, -0.1) is 0 Å². The summed E-state index contributed by atoms with van der Waals surface area (Å²) in [5.74, 6) is 0.332. The fourth-order valence-corrected chi connectivity index (χ4v) is 1.82. The number of nitrogens with zero attached hydrogens (tertiary/aromatic N) is 1. The van der Waals surface area contributed by atoms with Crippen LogP contribution < -0.4 is 4.74 Å². The summed E-state index contributed by atoms with van der Waals surface area (Å²) in [6, 6.07) is 13.9. The maximum absolute atomic E-state index is 12.3. The van der Waals surface area contributed by atoms with Gasteiger partial charge in [-0.2, -0.15) is 0 Å². The second-order valence-electron chi connectivity index (χ2n) is 4.37. The molecule has 0 spiro atoms. The largest absolute Gasteiger partial charge is 0.497 e. The van der Waals surface area contributed by atoms with E-state index >= 15 is 0 Å². The van der Waals surface area contributed by atoms with Crippen molar-refractivity contribution in [2.24, 2.45) is 5.16 Å². The minimum absolute atomic E-state index is 0.0233. The Labute approximate surface area is 117 Å². The second-order valence-corrected chi connectivity index (χ2v) is 4.37. The highest BCUT2D eigenvalue weighted by Gasteiger charge is 2.16. The molecule has 2 rings (SSSR count). The Morgan fingerprint density at radius 3 is 2.05 bits per heavy atom. The Morgan fingerprint density at radius 1 is 1.00 bits per heavy atom. The fourth-order valence-electron chi connectivity index (χ4n) is 1.82. The van der Waals surface area contributed by atoms with E-state index in [2.05, 4.69) is 5.16 Å². The summed E-state index contributed by atoms with van der Waals surface area (Å²) in [5, 5.41) is 12.3. The number of methoxy groups -OCH3 is 1. The third kappa shape index (κ3) is 2.85. The van der Waals surface area contributed by atoms with E-state index < -0.39 is 0 Å². The standard InChI is InChI=1S/C16H15NO3/c1-11-3-5-12(6-4-11)15(17-19)16(18)13-7-9-14(20-2)10-8-13/h3-10,19H,1-2H3. The van der Waals surface area contributed by atoms with Gasteiger partial charge in [0.15, 0.2) is 5.71 Å². The molecule has 0 aliphatic heterocycles. The Hall–Kier alpha value is -2.62. The number of rotatable bonds is 4. The summed E-state index contributed by atoms with van der Waals surface area (Å²) in [7, 11) is 1.56. The number of oxime groups is 1. The van der Waals surface area contributed by atoms with Crippen molar-refractivity contribution < 1.29 is 14.7 Å². The first-order valence-electron chi connectivity index (χ1n) is 6.13. The van der Waals surface area contributed by atoms with Gasteiger partial charge in [-0.1, -0.05) is 35.0 Å². The molecule has 0 bridgehead atoms. The van der Waals surface area contributed by atoms with Gasteiger partial charge in [0.25, 0.3) is 0 Å². The number of Topliss-reactive ketones (excluding diaryl/α,β-unsaturated/α-hetero) is 1. The number of hydrogen-bond acceptors (Lipinski definition) is 4. The SMILES string of the molecule is COc1ccc(C(=O)C(=NO)c2ccc(C)cc2)cc1. The predicted octanol–water partition coefficient (Wildman–Crippen LogP) is 3.06. The van der Waals surface area contributed by atoms with E-state index in [0.717, 1.165) is 5.56 Å². The van der Waals surface area contributed by atoms with Crippen LogP contribution in [0, 0.1) is 6.92 Å².